The highest BCUT2D eigenvalue weighted by atomic mass is 31.2. The standard InChI is InChI=1S/C46H92NO12P/c1-3-5-7-9-11-13-14-15-16-17-18-19-20-21-22-23-24-26-27-29-31-33-37(48)35-40(50)47-38(39(49)34-32-30-28-25-12-10-8-6-4-2)36-58-60(56,57)59-46-44(54)42(52)41(51)43(53)45(46)55/h37-39,41-46,48-49,51-55H,3-36H2,1-2H3,(H,47,50)(H,56,57). The van der Waals surface area contributed by atoms with Crippen LogP contribution in [0.4, 0.5) is 0 Å². The van der Waals surface area contributed by atoms with Gasteiger partial charge < -0.3 is 46.0 Å². The second-order valence-corrected chi connectivity index (χ2v) is 19.3. The van der Waals surface area contributed by atoms with Gasteiger partial charge in [0.2, 0.25) is 5.91 Å². The fourth-order valence-electron chi connectivity index (χ4n) is 8.19. The molecule has 0 aromatic heterocycles. The number of carbonyl (C=O) groups excluding carboxylic acids is 1. The Morgan fingerprint density at radius 2 is 0.833 bits per heavy atom. The highest BCUT2D eigenvalue weighted by Crippen LogP contribution is 2.47. The summed E-state index contributed by atoms with van der Waals surface area (Å²) >= 11 is 0. The van der Waals surface area contributed by atoms with Gasteiger partial charge in [-0.2, -0.15) is 0 Å². The first-order valence-electron chi connectivity index (χ1n) is 24.6. The zero-order chi connectivity index (χ0) is 44.4. The van der Waals surface area contributed by atoms with E-state index < -0.39 is 75.2 Å². The fraction of sp³-hybridized carbons (Fsp3) is 0.978. The summed E-state index contributed by atoms with van der Waals surface area (Å²) in [6, 6.07) is -1.15. The average Bonchev–Trinajstić information content (AvgIpc) is 3.22. The molecule has 9 N–H and O–H groups in total. The maximum Gasteiger partial charge on any atom is 0.472 e. The molecular weight excluding hydrogens is 789 g/mol. The minimum absolute atomic E-state index is 0.216. The van der Waals surface area contributed by atoms with Crippen LogP contribution in [0.3, 0.4) is 0 Å². The van der Waals surface area contributed by atoms with E-state index in [2.05, 4.69) is 19.2 Å². The number of carbonyl (C=O) groups is 1. The van der Waals surface area contributed by atoms with Crippen molar-refractivity contribution in [1.82, 2.24) is 5.32 Å². The van der Waals surface area contributed by atoms with Crippen LogP contribution in [0.2, 0.25) is 0 Å². The molecular formula is C46H92NO12P. The largest absolute Gasteiger partial charge is 0.472 e. The zero-order valence-electron chi connectivity index (χ0n) is 37.9. The number of nitrogens with one attached hydrogen (secondary N) is 1. The molecule has 0 bridgehead atoms. The third-order valence-corrected chi connectivity index (χ3v) is 13.2. The lowest BCUT2D eigenvalue weighted by molar-refractivity contribution is -0.220. The van der Waals surface area contributed by atoms with E-state index in [4.69, 9.17) is 9.05 Å². The number of aliphatic hydroxyl groups excluding tert-OH is 7. The van der Waals surface area contributed by atoms with Gasteiger partial charge in [0.1, 0.15) is 36.6 Å². The van der Waals surface area contributed by atoms with Crippen molar-refractivity contribution >= 4 is 13.7 Å². The molecule has 1 rings (SSSR count). The predicted molar refractivity (Wildman–Crippen MR) is 238 cm³/mol. The Labute approximate surface area is 364 Å². The van der Waals surface area contributed by atoms with Crippen LogP contribution in [-0.4, -0.2) is 108 Å². The number of aliphatic hydroxyl groups is 7. The zero-order valence-corrected chi connectivity index (χ0v) is 38.8. The molecule has 0 radical (unpaired) electrons. The van der Waals surface area contributed by atoms with E-state index in [9.17, 15) is 50.0 Å². The summed E-state index contributed by atoms with van der Waals surface area (Å²) in [6.07, 6.45) is 23.2. The van der Waals surface area contributed by atoms with E-state index in [1.54, 1.807) is 0 Å². The molecule has 0 aromatic rings. The third-order valence-electron chi connectivity index (χ3n) is 12.2. The molecule has 13 nitrogen and oxygen atoms in total. The SMILES string of the molecule is CCCCCCCCCCCCCCCCCCCCCCCC(O)CC(=O)NC(COP(=O)(O)OC1C(O)C(O)C(O)C(O)C1O)C(O)CCCCCCCCCCC. The first kappa shape index (κ1) is 57.3. The summed E-state index contributed by atoms with van der Waals surface area (Å²) in [4.78, 5) is 23.4. The van der Waals surface area contributed by atoms with Crippen LogP contribution >= 0.6 is 7.82 Å². The van der Waals surface area contributed by atoms with Crippen LogP contribution < -0.4 is 5.32 Å². The van der Waals surface area contributed by atoms with E-state index in [-0.39, 0.29) is 12.8 Å². The molecule has 1 saturated carbocycles. The molecule has 0 heterocycles. The van der Waals surface area contributed by atoms with Gasteiger partial charge in [0.05, 0.1) is 31.3 Å². The highest BCUT2D eigenvalue weighted by Gasteiger charge is 2.51. The number of hydrogen-bond acceptors (Lipinski definition) is 11. The Morgan fingerprint density at radius 1 is 0.517 bits per heavy atom. The van der Waals surface area contributed by atoms with Gasteiger partial charge in [-0.25, -0.2) is 4.57 Å². The number of rotatable bonds is 41. The molecule has 0 aromatic carbocycles. The minimum atomic E-state index is -5.11. The van der Waals surface area contributed by atoms with E-state index in [1.165, 1.54) is 135 Å². The van der Waals surface area contributed by atoms with Crippen molar-refractivity contribution in [1.29, 1.82) is 0 Å². The average molecular weight is 882 g/mol. The molecule has 0 aliphatic heterocycles. The van der Waals surface area contributed by atoms with Crippen LogP contribution in [0.25, 0.3) is 0 Å². The molecule has 60 heavy (non-hydrogen) atoms. The molecule has 358 valence electrons. The number of hydrogen-bond donors (Lipinski definition) is 9. The lowest BCUT2D eigenvalue weighted by Crippen LogP contribution is -2.64. The Morgan fingerprint density at radius 3 is 1.20 bits per heavy atom. The first-order valence-corrected chi connectivity index (χ1v) is 26.1. The van der Waals surface area contributed by atoms with E-state index in [1.807, 2.05) is 0 Å². The van der Waals surface area contributed by atoms with E-state index in [0.717, 1.165) is 51.4 Å². The number of unbranched alkanes of at least 4 members (excludes halogenated alkanes) is 28. The second kappa shape index (κ2) is 36.6. The number of phosphoric ester groups is 1. The molecule has 0 saturated heterocycles. The normalized spacial score (nSPS) is 23.3. The number of phosphoric acid groups is 1. The maximum absolute atomic E-state index is 13.0. The third kappa shape index (κ3) is 28.2. The summed E-state index contributed by atoms with van der Waals surface area (Å²) in [5.74, 6) is -0.558. The molecule has 8 unspecified atom stereocenters. The molecule has 14 heteroatoms. The van der Waals surface area contributed by atoms with Crippen molar-refractivity contribution < 1.29 is 59.0 Å². The maximum atomic E-state index is 13.0. The Balaban J connectivity index is 2.37. The topological polar surface area (TPSA) is 226 Å². The molecule has 1 amide bonds. The summed E-state index contributed by atoms with van der Waals surface area (Å²) in [6.45, 7) is 3.77. The first-order chi connectivity index (χ1) is 28.8. The van der Waals surface area contributed by atoms with Gasteiger partial charge in [0.15, 0.2) is 0 Å². The minimum Gasteiger partial charge on any atom is -0.393 e. The highest BCUT2D eigenvalue weighted by molar-refractivity contribution is 7.47. The lowest BCUT2D eigenvalue weighted by atomic mass is 9.85. The quantitative estimate of drug-likeness (QED) is 0.0208. The van der Waals surface area contributed by atoms with Crippen molar-refractivity contribution in [3.63, 3.8) is 0 Å². The van der Waals surface area contributed by atoms with Crippen LogP contribution in [0.15, 0.2) is 0 Å². The summed E-state index contributed by atoms with van der Waals surface area (Å²) in [5, 5.41) is 74.5. The monoisotopic (exact) mass is 882 g/mol. The molecule has 1 aliphatic rings. The Kier molecular flexibility index (Phi) is 35.0. The van der Waals surface area contributed by atoms with Gasteiger partial charge in [-0.15, -0.1) is 0 Å². The number of amides is 1. The molecule has 1 fully saturated rings. The van der Waals surface area contributed by atoms with Gasteiger partial charge in [-0.3, -0.25) is 13.8 Å². The van der Waals surface area contributed by atoms with Crippen molar-refractivity contribution in [3.05, 3.63) is 0 Å². The summed E-state index contributed by atoms with van der Waals surface area (Å²) in [7, 11) is -5.11. The predicted octanol–water partition coefficient (Wildman–Crippen LogP) is 8.43. The molecule has 0 spiro atoms. The summed E-state index contributed by atoms with van der Waals surface area (Å²) in [5.41, 5.74) is 0. The van der Waals surface area contributed by atoms with Gasteiger partial charge >= 0.3 is 7.82 Å². The Bertz CT molecular complexity index is 1040. The van der Waals surface area contributed by atoms with E-state index >= 15 is 0 Å². The van der Waals surface area contributed by atoms with Crippen LogP contribution in [0.1, 0.15) is 226 Å². The van der Waals surface area contributed by atoms with Crippen molar-refractivity contribution in [2.75, 3.05) is 6.61 Å². The fourth-order valence-corrected chi connectivity index (χ4v) is 9.16. The van der Waals surface area contributed by atoms with Crippen LogP contribution in [0, 0.1) is 0 Å². The summed E-state index contributed by atoms with van der Waals surface area (Å²) < 4.78 is 22.9. The van der Waals surface area contributed by atoms with Gasteiger partial charge in [0.25, 0.3) is 0 Å². The smallest absolute Gasteiger partial charge is 0.393 e. The van der Waals surface area contributed by atoms with Gasteiger partial charge in [-0.05, 0) is 12.8 Å². The van der Waals surface area contributed by atoms with Crippen molar-refractivity contribution in [3.8, 4) is 0 Å². The van der Waals surface area contributed by atoms with Crippen molar-refractivity contribution in [2.45, 2.75) is 281 Å². The van der Waals surface area contributed by atoms with Crippen LogP contribution in [-0.2, 0) is 18.4 Å². The second-order valence-electron chi connectivity index (χ2n) is 17.9. The molecule has 8 atom stereocenters. The van der Waals surface area contributed by atoms with Crippen molar-refractivity contribution in [2.24, 2.45) is 0 Å². The lowest BCUT2D eigenvalue weighted by Gasteiger charge is -2.41. The van der Waals surface area contributed by atoms with Gasteiger partial charge in [0, 0.05) is 0 Å². The van der Waals surface area contributed by atoms with Crippen LogP contribution in [0.5, 0.6) is 0 Å². The van der Waals surface area contributed by atoms with E-state index in [0.29, 0.717) is 12.8 Å². The molecule has 1 aliphatic carbocycles. The Hall–Kier alpha value is -0.700. The van der Waals surface area contributed by atoms with Gasteiger partial charge in [-0.1, -0.05) is 206 Å².